The number of ketones is 1. The number of rotatable bonds is 2. The molecule has 0 bridgehead atoms. The summed E-state index contributed by atoms with van der Waals surface area (Å²) in [6, 6.07) is 3.34. The minimum atomic E-state index is -0.0839. The Morgan fingerprint density at radius 1 is 1.31 bits per heavy atom. The fourth-order valence-electron chi connectivity index (χ4n) is 0.813. The topological polar surface area (TPSA) is 17.1 Å². The maximum atomic E-state index is 11.3. The molecule has 1 aromatic rings. The SMILES string of the molecule is O=C(CBr)c1ccc(Br)c(Cl)c1Cl. The summed E-state index contributed by atoms with van der Waals surface area (Å²) in [7, 11) is 0. The van der Waals surface area contributed by atoms with E-state index in [4.69, 9.17) is 23.2 Å². The van der Waals surface area contributed by atoms with E-state index in [1.165, 1.54) is 0 Å². The quantitative estimate of drug-likeness (QED) is 0.442. The van der Waals surface area contributed by atoms with E-state index in [-0.39, 0.29) is 11.1 Å². The summed E-state index contributed by atoms with van der Waals surface area (Å²) in [4.78, 5) is 11.3. The lowest BCUT2D eigenvalue weighted by atomic mass is 10.1. The molecular weight excluding hydrogens is 343 g/mol. The summed E-state index contributed by atoms with van der Waals surface area (Å²) in [6.07, 6.45) is 0. The molecule has 0 aliphatic heterocycles. The first-order chi connectivity index (χ1) is 6.07. The maximum Gasteiger partial charge on any atom is 0.174 e. The summed E-state index contributed by atoms with van der Waals surface area (Å²) in [5.74, 6) is -0.0839. The van der Waals surface area contributed by atoms with Crippen molar-refractivity contribution < 1.29 is 4.79 Å². The molecule has 1 rings (SSSR count). The first-order valence-electron chi connectivity index (χ1n) is 3.30. The fraction of sp³-hybridized carbons (Fsp3) is 0.125. The molecule has 5 heteroatoms. The molecule has 0 radical (unpaired) electrons. The molecule has 0 spiro atoms. The van der Waals surface area contributed by atoms with Crippen LogP contribution in [0.4, 0.5) is 0 Å². The van der Waals surface area contributed by atoms with Crippen molar-refractivity contribution in [2.45, 2.75) is 0 Å². The molecule has 0 saturated heterocycles. The van der Waals surface area contributed by atoms with Crippen LogP contribution in [0.3, 0.4) is 0 Å². The van der Waals surface area contributed by atoms with E-state index in [9.17, 15) is 4.79 Å². The second kappa shape index (κ2) is 4.78. The van der Waals surface area contributed by atoms with Crippen molar-refractivity contribution in [1.82, 2.24) is 0 Å². The number of carbonyl (C=O) groups is 1. The van der Waals surface area contributed by atoms with Crippen molar-refractivity contribution in [3.8, 4) is 0 Å². The predicted octanol–water partition coefficient (Wildman–Crippen LogP) is 4.33. The van der Waals surface area contributed by atoms with E-state index in [1.807, 2.05) is 0 Å². The summed E-state index contributed by atoms with van der Waals surface area (Å²) in [5, 5.41) is 0.902. The highest BCUT2D eigenvalue weighted by molar-refractivity contribution is 9.10. The molecule has 0 heterocycles. The number of halogens is 4. The third kappa shape index (κ3) is 2.46. The van der Waals surface area contributed by atoms with Gasteiger partial charge in [0.25, 0.3) is 0 Å². The van der Waals surface area contributed by atoms with Crippen molar-refractivity contribution in [3.63, 3.8) is 0 Å². The Hall–Kier alpha value is 0.430. The van der Waals surface area contributed by atoms with Crippen LogP contribution in [0.25, 0.3) is 0 Å². The van der Waals surface area contributed by atoms with E-state index in [0.29, 0.717) is 20.1 Å². The fourth-order valence-corrected chi connectivity index (χ4v) is 1.99. The van der Waals surface area contributed by atoms with Gasteiger partial charge in [-0.05, 0) is 28.1 Å². The van der Waals surface area contributed by atoms with Crippen LogP contribution >= 0.6 is 55.1 Å². The van der Waals surface area contributed by atoms with Crippen molar-refractivity contribution in [1.29, 1.82) is 0 Å². The molecule has 0 N–H and O–H groups in total. The van der Waals surface area contributed by atoms with Gasteiger partial charge < -0.3 is 0 Å². The van der Waals surface area contributed by atoms with Gasteiger partial charge in [-0.25, -0.2) is 0 Å². The third-order valence-corrected chi connectivity index (χ3v) is 3.74. The molecule has 0 atom stereocenters. The Bertz CT molecular complexity index is 352. The van der Waals surface area contributed by atoms with Crippen LogP contribution in [-0.4, -0.2) is 11.1 Å². The second-order valence-electron chi connectivity index (χ2n) is 2.28. The van der Waals surface area contributed by atoms with Gasteiger partial charge in [0.1, 0.15) is 0 Å². The first kappa shape index (κ1) is 11.5. The standard InChI is InChI=1S/C8H4Br2Cl2O/c9-3-6(13)4-1-2-5(10)8(12)7(4)11/h1-2H,3H2. The molecule has 0 saturated carbocycles. The number of carbonyl (C=O) groups excluding carboxylic acids is 1. The van der Waals surface area contributed by atoms with E-state index in [2.05, 4.69) is 31.9 Å². The zero-order chi connectivity index (χ0) is 10.0. The van der Waals surface area contributed by atoms with Gasteiger partial charge in [-0.15, -0.1) is 0 Å². The maximum absolute atomic E-state index is 11.3. The van der Waals surface area contributed by atoms with Crippen molar-refractivity contribution in [2.24, 2.45) is 0 Å². The van der Waals surface area contributed by atoms with E-state index < -0.39 is 0 Å². The minimum Gasteiger partial charge on any atom is -0.293 e. The van der Waals surface area contributed by atoms with Gasteiger partial charge in [0.05, 0.1) is 15.4 Å². The molecule has 0 unspecified atom stereocenters. The highest BCUT2D eigenvalue weighted by Crippen LogP contribution is 2.33. The lowest BCUT2D eigenvalue weighted by Crippen LogP contribution is -2.00. The van der Waals surface area contributed by atoms with E-state index >= 15 is 0 Å². The molecule has 0 aliphatic carbocycles. The highest BCUT2D eigenvalue weighted by atomic mass is 79.9. The van der Waals surface area contributed by atoms with Gasteiger partial charge in [0.15, 0.2) is 5.78 Å². The number of Topliss-reactive ketones (excluding diaryl/α,β-unsaturated/α-hetero) is 1. The molecule has 0 amide bonds. The predicted molar refractivity (Wildman–Crippen MR) is 62.3 cm³/mol. The monoisotopic (exact) mass is 344 g/mol. The lowest BCUT2D eigenvalue weighted by Gasteiger charge is -2.04. The second-order valence-corrected chi connectivity index (χ2v) is 4.45. The average molecular weight is 347 g/mol. The Morgan fingerprint density at radius 3 is 2.46 bits per heavy atom. The first-order valence-corrected chi connectivity index (χ1v) is 5.97. The summed E-state index contributed by atoms with van der Waals surface area (Å²) < 4.78 is 0.685. The van der Waals surface area contributed by atoms with Crippen molar-refractivity contribution in [2.75, 3.05) is 5.33 Å². The zero-order valence-corrected chi connectivity index (χ0v) is 11.0. The van der Waals surface area contributed by atoms with Crippen LogP contribution in [-0.2, 0) is 0 Å². The Morgan fingerprint density at radius 2 is 1.92 bits per heavy atom. The van der Waals surface area contributed by atoms with Gasteiger partial charge >= 0.3 is 0 Å². The molecule has 1 aromatic carbocycles. The van der Waals surface area contributed by atoms with Gasteiger partial charge in [-0.3, -0.25) is 4.79 Å². The average Bonchev–Trinajstić information content (AvgIpc) is 2.13. The summed E-state index contributed by atoms with van der Waals surface area (Å²) in [6.45, 7) is 0. The lowest BCUT2D eigenvalue weighted by molar-refractivity contribution is 0.102. The van der Waals surface area contributed by atoms with E-state index in [0.717, 1.165) is 0 Å². The zero-order valence-electron chi connectivity index (χ0n) is 6.28. The normalized spacial score (nSPS) is 10.2. The molecule has 0 aliphatic rings. The molecular formula is C8H4Br2Cl2O. The molecule has 13 heavy (non-hydrogen) atoms. The van der Waals surface area contributed by atoms with Crippen LogP contribution in [0.2, 0.25) is 10.0 Å². The number of alkyl halides is 1. The summed E-state index contributed by atoms with van der Waals surface area (Å²) in [5.41, 5.74) is 0.437. The van der Waals surface area contributed by atoms with Crippen LogP contribution in [0.5, 0.6) is 0 Å². The Kier molecular flexibility index (Phi) is 4.23. The molecule has 0 aromatic heterocycles. The Labute approximate surface area is 103 Å². The highest BCUT2D eigenvalue weighted by Gasteiger charge is 2.13. The number of benzene rings is 1. The largest absolute Gasteiger partial charge is 0.293 e. The number of hydrogen-bond acceptors (Lipinski definition) is 1. The van der Waals surface area contributed by atoms with Gasteiger partial charge in [-0.2, -0.15) is 0 Å². The Balaban J connectivity index is 3.26. The molecule has 70 valence electrons. The van der Waals surface area contributed by atoms with Crippen LogP contribution in [0, 0.1) is 0 Å². The van der Waals surface area contributed by atoms with Crippen molar-refractivity contribution >= 4 is 60.8 Å². The third-order valence-electron chi connectivity index (χ3n) is 1.46. The van der Waals surface area contributed by atoms with Gasteiger partial charge in [0.2, 0.25) is 0 Å². The van der Waals surface area contributed by atoms with Crippen LogP contribution in [0.15, 0.2) is 16.6 Å². The molecule has 1 nitrogen and oxygen atoms in total. The number of hydrogen-bond donors (Lipinski definition) is 0. The van der Waals surface area contributed by atoms with Gasteiger partial charge in [0, 0.05) is 10.0 Å². The van der Waals surface area contributed by atoms with Crippen molar-refractivity contribution in [3.05, 3.63) is 32.2 Å². The summed E-state index contributed by atoms with van der Waals surface area (Å²) >= 11 is 18.0. The van der Waals surface area contributed by atoms with Crippen LogP contribution < -0.4 is 0 Å². The van der Waals surface area contributed by atoms with E-state index in [1.54, 1.807) is 12.1 Å². The van der Waals surface area contributed by atoms with Crippen LogP contribution in [0.1, 0.15) is 10.4 Å². The molecule has 0 fully saturated rings. The smallest absolute Gasteiger partial charge is 0.174 e. The minimum absolute atomic E-state index is 0.0839. The van der Waals surface area contributed by atoms with Gasteiger partial charge in [-0.1, -0.05) is 39.1 Å².